The molecule has 1 atom stereocenters. The molecular weight excluding hydrogens is 522 g/mol. The molecule has 0 unspecified atom stereocenters. The maximum atomic E-state index is 13.8. The van der Waals surface area contributed by atoms with E-state index in [1.54, 1.807) is 29.2 Å². The van der Waals surface area contributed by atoms with E-state index in [1.165, 1.54) is 4.31 Å². The van der Waals surface area contributed by atoms with Gasteiger partial charge in [0, 0.05) is 32.6 Å². The highest BCUT2D eigenvalue weighted by atomic mass is 32.2. The molecule has 40 heavy (non-hydrogen) atoms. The first-order chi connectivity index (χ1) is 19.3. The van der Waals surface area contributed by atoms with Crippen LogP contribution in [0.2, 0.25) is 0 Å². The molecule has 7 nitrogen and oxygen atoms in total. The Balaban J connectivity index is 1.55. The third-order valence-electron chi connectivity index (χ3n) is 7.13. The van der Waals surface area contributed by atoms with Crippen LogP contribution in [0.5, 0.6) is 0 Å². The molecule has 4 rings (SSSR count). The Morgan fingerprint density at radius 3 is 2.05 bits per heavy atom. The molecule has 1 saturated heterocycles. The fourth-order valence-corrected chi connectivity index (χ4v) is 6.43. The highest BCUT2D eigenvalue weighted by Gasteiger charge is 2.31. The molecule has 0 aliphatic carbocycles. The van der Waals surface area contributed by atoms with Crippen molar-refractivity contribution < 1.29 is 18.0 Å². The summed E-state index contributed by atoms with van der Waals surface area (Å²) >= 11 is 0. The lowest BCUT2D eigenvalue weighted by Gasteiger charge is -2.32. The number of sulfonamides is 1. The topological polar surface area (TPSA) is 86.8 Å². The van der Waals surface area contributed by atoms with Crippen LogP contribution in [0.25, 0.3) is 0 Å². The first kappa shape index (κ1) is 29.5. The number of hydrogen-bond donors (Lipinski definition) is 1. The summed E-state index contributed by atoms with van der Waals surface area (Å²) in [7, 11) is -3.48. The predicted octanol–water partition coefficient (Wildman–Crippen LogP) is 4.95. The smallest absolute Gasteiger partial charge is 0.247 e. The van der Waals surface area contributed by atoms with Crippen molar-refractivity contribution in [2.45, 2.75) is 57.0 Å². The maximum Gasteiger partial charge on any atom is 0.247 e. The minimum atomic E-state index is -3.48. The normalized spacial score (nSPS) is 14.7. The molecule has 3 aromatic rings. The zero-order chi connectivity index (χ0) is 28.5. The summed E-state index contributed by atoms with van der Waals surface area (Å²) in [5, 5.41) is 3.03. The minimum absolute atomic E-state index is 0.147. The molecule has 0 spiro atoms. The number of rotatable bonds is 12. The Morgan fingerprint density at radius 1 is 0.850 bits per heavy atom. The average molecular weight is 562 g/mol. The van der Waals surface area contributed by atoms with Crippen molar-refractivity contribution in [3.8, 4) is 0 Å². The van der Waals surface area contributed by atoms with Crippen LogP contribution in [0, 0.1) is 5.92 Å². The van der Waals surface area contributed by atoms with Gasteiger partial charge in [-0.05, 0) is 54.0 Å². The molecule has 212 valence electrons. The van der Waals surface area contributed by atoms with E-state index in [0.29, 0.717) is 32.6 Å². The van der Waals surface area contributed by atoms with Crippen molar-refractivity contribution in [3.05, 3.63) is 102 Å². The lowest BCUT2D eigenvalue weighted by atomic mass is 10.0. The average Bonchev–Trinajstić information content (AvgIpc) is 3.52. The molecule has 1 aliphatic heterocycles. The van der Waals surface area contributed by atoms with Gasteiger partial charge in [0.1, 0.15) is 6.04 Å². The van der Waals surface area contributed by atoms with Crippen LogP contribution in [0.4, 0.5) is 0 Å². The lowest BCUT2D eigenvalue weighted by molar-refractivity contribution is -0.141. The fraction of sp³-hybridized carbons (Fsp3) is 0.375. The zero-order valence-electron chi connectivity index (χ0n) is 23.3. The van der Waals surface area contributed by atoms with Crippen molar-refractivity contribution in [2.24, 2.45) is 5.92 Å². The van der Waals surface area contributed by atoms with Crippen molar-refractivity contribution in [1.82, 2.24) is 14.5 Å². The van der Waals surface area contributed by atoms with Crippen LogP contribution in [0.15, 0.2) is 89.8 Å². The molecular formula is C32H39N3O4S. The van der Waals surface area contributed by atoms with E-state index in [2.05, 4.69) is 5.32 Å². The van der Waals surface area contributed by atoms with Crippen LogP contribution in [-0.2, 0) is 32.6 Å². The number of nitrogens with one attached hydrogen (secondary N) is 1. The van der Waals surface area contributed by atoms with E-state index in [1.807, 2.05) is 74.5 Å². The molecule has 1 N–H and O–H groups in total. The van der Waals surface area contributed by atoms with Crippen LogP contribution in [0.1, 0.15) is 55.8 Å². The molecule has 8 heteroatoms. The van der Waals surface area contributed by atoms with Gasteiger partial charge in [-0.2, -0.15) is 4.31 Å². The maximum absolute atomic E-state index is 13.8. The number of carbonyl (C=O) groups is 2. The Labute approximate surface area is 238 Å². The summed E-state index contributed by atoms with van der Waals surface area (Å²) in [5.41, 5.74) is 2.56. The van der Waals surface area contributed by atoms with Crippen molar-refractivity contribution in [2.75, 3.05) is 19.6 Å². The summed E-state index contributed by atoms with van der Waals surface area (Å²) < 4.78 is 27.3. The number of aryl methyl sites for hydroxylation is 1. The van der Waals surface area contributed by atoms with Crippen molar-refractivity contribution >= 4 is 21.8 Å². The van der Waals surface area contributed by atoms with Crippen LogP contribution < -0.4 is 5.32 Å². The summed E-state index contributed by atoms with van der Waals surface area (Å²) in [6.45, 7) is 5.99. The highest BCUT2D eigenvalue weighted by Crippen LogP contribution is 2.26. The summed E-state index contributed by atoms with van der Waals surface area (Å²) in [5.74, 6) is -0.0808. The SMILES string of the molecule is CC(C)CNC(=O)[C@H](c1ccccc1)N(Cc1ccccc1)C(=O)CCc1ccc(S(=O)(=O)N2CCCC2)cc1. The molecule has 0 aromatic heterocycles. The van der Waals surface area contributed by atoms with Crippen LogP contribution in [0.3, 0.4) is 0 Å². The van der Waals surface area contributed by atoms with Gasteiger partial charge in [-0.15, -0.1) is 0 Å². The number of carbonyl (C=O) groups excluding carboxylic acids is 2. The van der Waals surface area contributed by atoms with E-state index < -0.39 is 16.1 Å². The third kappa shape index (κ3) is 7.58. The molecule has 0 radical (unpaired) electrons. The monoisotopic (exact) mass is 561 g/mol. The van der Waals surface area contributed by atoms with Gasteiger partial charge in [-0.1, -0.05) is 86.6 Å². The van der Waals surface area contributed by atoms with E-state index >= 15 is 0 Å². The van der Waals surface area contributed by atoms with Gasteiger partial charge >= 0.3 is 0 Å². The van der Waals surface area contributed by atoms with Gasteiger partial charge in [-0.3, -0.25) is 9.59 Å². The minimum Gasteiger partial charge on any atom is -0.354 e. The van der Waals surface area contributed by atoms with Gasteiger partial charge < -0.3 is 10.2 Å². The van der Waals surface area contributed by atoms with Crippen LogP contribution in [-0.4, -0.2) is 49.1 Å². The summed E-state index contributed by atoms with van der Waals surface area (Å²) in [6.07, 6.45) is 2.39. The summed E-state index contributed by atoms with van der Waals surface area (Å²) in [4.78, 5) is 29.3. The Hall–Kier alpha value is -3.49. The Bertz CT molecular complexity index is 1350. The number of hydrogen-bond acceptors (Lipinski definition) is 4. The number of nitrogens with zero attached hydrogens (tertiary/aromatic N) is 2. The molecule has 0 saturated carbocycles. The zero-order valence-corrected chi connectivity index (χ0v) is 24.1. The third-order valence-corrected chi connectivity index (χ3v) is 9.04. The first-order valence-electron chi connectivity index (χ1n) is 14.0. The molecule has 1 fully saturated rings. The number of benzene rings is 3. The largest absolute Gasteiger partial charge is 0.354 e. The van der Waals surface area contributed by atoms with Gasteiger partial charge in [0.25, 0.3) is 0 Å². The van der Waals surface area contributed by atoms with E-state index in [4.69, 9.17) is 0 Å². The van der Waals surface area contributed by atoms with Crippen molar-refractivity contribution in [3.63, 3.8) is 0 Å². The standard InChI is InChI=1S/C32H39N3O4S/c1-25(2)23-33-32(37)31(28-13-7-4-8-14-28)35(24-27-11-5-3-6-12-27)30(36)20-17-26-15-18-29(19-16-26)40(38,39)34-21-9-10-22-34/h3-8,11-16,18-19,25,31H,9-10,17,20-24H2,1-2H3,(H,33,37)/t31-/m0/s1. The van der Waals surface area contributed by atoms with Gasteiger partial charge in [-0.25, -0.2) is 8.42 Å². The van der Waals surface area contributed by atoms with Gasteiger partial charge in [0.15, 0.2) is 0 Å². The second kappa shape index (κ2) is 13.7. The Kier molecular flexibility index (Phi) is 10.1. The van der Waals surface area contributed by atoms with Crippen molar-refractivity contribution in [1.29, 1.82) is 0 Å². The highest BCUT2D eigenvalue weighted by molar-refractivity contribution is 7.89. The second-order valence-corrected chi connectivity index (χ2v) is 12.7. The van der Waals surface area contributed by atoms with E-state index in [9.17, 15) is 18.0 Å². The molecule has 3 aromatic carbocycles. The van der Waals surface area contributed by atoms with Crippen LogP contribution >= 0.6 is 0 Å². The molecule has 0 bridgehead atoms. The van der Waals surface area contributed by atoms with E-state index in [0.717, 1.165) is 29.5 Å². The molecule has 1 heterocycles. The predicted molar refractivity (Wildman–Crippen MR) is 157 cm³/mol. The Morgan fingerprint density at radius 2 is 1.45 bits per heavy atom. The summed E-state index contributed by atoms with van der Waals surface area (Å²) in [6, 6.07) is 25.1. The quantitative estimate of drug-likeness (QED) is 0.339. The molecule has 2 amide bonds. The van der Waals surface area contributed by atoms with Gasteiger partial charge in [0.2, 0.25) is 21.8 Å². The van der Waals surface area contributed by atoms with E-state index in [-0.39, 0.29) is 29.0 Å². The lowest BCUT2D eigenvalue weighted by Crippen LogP contribution is -2.44. The second-order valence-electron chi connectivity index (χ2n) is 10.7. The van der Waals surface area contributed by atoms with Gasteiger partial charge in [0.05, 0.1) is 4.90 Å². The molecule has 1 aliphatic rings. The fourth-order valence-electron chi connectivity index (χ4n) is 4.91. The first-order valence-corrected chi connectivity index (χ1v) is 15.4. The number of amides is 2.